The number of rotatable bonds is 2. The molecule has 0 atom stereocenters. The fourth-order valence-electron chi connectivity index (χ4n) is 1.80. The zero-order chi connectivity index (χ0) is 13.3. The smallest absolute Gasteiger partial charge is 0.178 e. The molecular formula is C13H10ClN3O. The summed E-state index contributed by atoms with van der Waals surface area (Å²) >= 11 is 5.91. The van der Waals surface area contributed by atoms with Gasteiger partial charge in [0.2, 0.25) is 0 Å². The number of hydrogen-bond acceptors (Lipinski definition) is 3. The van der Waals surface area contributed by atoms with E-state index in [0.717, 1.165) is 0 Å². The van der Waals surface area contributed by atoms with Gasteiger partial charge in [0.25, 0.3) is 0 Å². The Morgan fingerprint density at radius 2 is 2.22 bits per heavy atom. The summed E-state index contributed by atoms with van der Waals surface area (Å²) in [6, 6.07) is 8.96. The van der Waals surface area contributed by atoms with E-state index in [-0.39, 0.29) is 17.0 Å². The van der Waals surface area contributed by atoms with E-state index in [1.54, 1.807) is 28.8 Å². The number of aromatic nitrogens is 1. The van der Waals surface area contributed by atoms with Crippen LogP contribution < -0.4 is 5.73 Å². The number of carbonyl (C=O) groups is 1. The molecule has 4 nitrogen and oxygen atoms in total. The maximum atomic E-state index is 11.6. The molecule has 0 saturated carbocycles. The largest absolute Gasteiger partial charge is 0.396 e. The van der Waals surface area contributed by atoms with Crippen LogP contribution in [0.4, 0.5) is 5.69 Å². The molecule has 0 amide bonds. The lowest BCUT2D eigenvalue weighted by molar-refractivity contribution is 0.101. The second-order valence-electron chi connectivity index (χ2n) is 3.82. The highest BCUT2D eigenvalue weighted by Crippen LogP contribution is 2.25. The number of nitrogen functional groups attached to an aromatic ring is 1. The lowest BCUT2D eigenvalue weighted by atomic mass is 10.2. The highest BCUT2D eigenvalue weighted by Gasteiger charge is 2.17. The second-order valence-corrected chi connectivity index (χ2v) is 4.26. The Balaban J connectivity index is 2.72. The first kappa shape index (κ1) is 12.2. The van der Waals surface area contributed by atoms with Gasteiger partial charge in [-0.2, -0.15) is 5.26 Å². The van der Waals surface area contributed by atoms with E-state index < -0.39 is 0 Å². The molecule has 0 fully saturated rings. The predicted octanol–water partition coefficient (Wildman–Crippen LogP) is 2.79. The molecule has 0 aliphatic carbocycles. The zero-order valence-corrected chi connectivity index (χ0v) is 10.4. The molecule has 0 aliphatic rings. The molecule has 2 N–H and O–H groups in total. The highest BCUT2D eigenvalue weighted by molar-refractivity contribution is 6.30. The molecule has 2 rings (SSSR count). The predicted molar refractivity (Wildman–Crippen MR) is 69.9 cm³/mol. The average Bonchev–Trinajstić information content (AvgIpc) is 2.66. The van der Waals surface area contributed by atoms with Gasteiger partial charge in [0.15, 0.2) is 5.78 Å². The third-order valence-electron chi connectivity index (χ3n) is 2.58. The molecule has 18 heavy (non-hydrogen) atoms. The standard InChI is InChI=1S/C13H10ClN3O/c1-8(18)13-12(16)9(6-15)7-17(13)11-4-2-3-10(14)5-11/h2-5,7H,16H2,1H3. The van der Waals surface area contributed by atoms with E-state index in [0.29, 0.717) is 16.4 Å². The summed E-state index contributed by atoms with van der Waals surface area (Å²) in [7, 11) is 0. The number of nitrogens with zero attached hydrogens (tertiary/aromatic N) is 2. The molecule has 0 saturated heterocycles. The molecular weight excluding hydrogens is 250 g/mol. The third-order valence-corrected chi connectivity index (χ3v) is 2.82. The summed E-state index contributed by atoms with van der Waals surface area (Å²) in [5, 5.41) is 9.51. The maximum Gasteiger partial charge on any atom is 0.178 e. The SMILES string of the molecule is CC(=O)c1c(N)c(C#N)cn1-c1cccc(Cl)c1. The lowest BCUT2D eigenvalue weighted by Gasteiger charge is -2.07. The van der Waals surface area contributed by atoms with Gasteiger partial charge >= 0.3 is 0 Å². The Bertz CT molecular complexity index is 667. The van der Waals surface area contributed by atoms with Crippen LogP contribution in [0.3, 0.4) is 0 Å². The first-order valence-electron chi connectivity index (χ1n) is 5.22. The van der Waals surface area contributed by atoms with Gasteiger partial charge in [0.1, 0.15) is 11.8 Å². The fraction of sp³-hybridized carbons (Fsp3) is 0.0769. The number of nitrogens with two attached hydrogens (primary N) is 1. The number of benzene rings is 1. The number of Topliss-reactive ketones (excluding diaryl/α,β-unsaturated/α-hetero) is 1. The number of anilines is 1. The molecule has 0 bridgehead atoms. The van der Waals surface area contributed by atoms with Crippen LogP contribution in [0.2, 0.25) is 5.02 Å². The molecule has 1 aromatic heterocycles. The van der Waals surface area contributed by atoms with Crippen molar-refractivity contribution in [1.29, 1.82) is 5.26 Å². The average molecular weight is 260 g/mol. The molecule has 2 aromatic rings. The monoisotopic (exact) mass is 259 g/mol. The number of halogens is 1. The first-order chi connectivity index (χ1) is 8.54. The van der Waals surface area contributed by atoms with Gasteiger partial charge in [-0.15, -0.1) is 0 Å². The summed E-state index contributed by atoms with van der Waals surface area (Å²) in [5.41, 5.74) is 7.27. The maximum absolute atomic E-state index is 11.6. The van der Waals surface area contributed by atoms with Crippen molar-refractivity contribution in [2.75, 3.05) is 5.73 Å². The molecule has 1 heterocycles. The van der Waals surface area contributed by atoms with Gasteiger partial charge in [-0.05, 0) is 18.2 Å². The zero-order valence-electron chi connectivity index (χ0n) is 9.64. The molecule has 0 radical (unpaired) electrons. The van der Waals surface area contributed by atoms with E-state index in [2.05, 4.69) is 0 Å². The van der Waals surface area contributed by atoms with Crippen molar-refractivity contribution < 1.29 is 4.79 Å². The van der Waals surface area contributed by atoms with Crippen LogP contribution in [0.1, 0.15) is 23.0 Å². The molecule has 1 aromatic carbocycles. The number of nitriles is 1. The summed E-state index contributed by atoms with van der Waals surface area (Å²) in [5.74, 6) is -0.200. The van der Waals surface area contributed by atoms with Crippen molar-refractivity contribution in [3.05, 3.63) is 46.7 Å². The van der Waals surface area contributed by atoms with E-state index in [4.69, 9.17) is 22.6 Å². The van der Waals surface area contributed by atoms with Gasteiger partial charge in [0.05, 0.1) is 11.3 Å². The Morgan fingerprint density at radius 1 is 1.50 bits per heavy atom. The van der Waals surface area contributed by atoms with Gasteiger partial charge in [0, 0.05) is 23.8 Å². The normalized spacial score (nSPS) is 10.1. The van der Waals surface area contributed by atoms with Crippen LogP contribution in [0.25, 0.3) is 5.69 Å². The highest BCUT2D eigenvalue weighted by atomic mass is 35.5. The molecule has 0 spiro atoms. The van der Waals surface area contributed by atoms with Crippen molar-refractivity contribution in [2.45, 2.75) is 6.92 Å². The summed E-state index contributed by atoms with van der Waals surface area (Å²) in [4.78, 5) is 11.6. The molecule has 0 aliphatic heterocycles. The van der Waals surface area contributed by atoms with Gasteiger partial charge in [-0.25, -0.2) is 0 Å². The minimum atomic E-state index is -0.200. The van der Waals surface area contributed by atoms with Crippen LogP contribution in [-0.4, -0.2) is 10.4 Å². The Hall–Kier alpha value is -2.25. The van der Waals surface area contributed by atoms with Crippen molar-refractivity contribution in [1.82, 2.24) is 4.57 Å². The van der Waals surface area contributed by atoms with Crippen molar-refractivity contribution in [2.24, 2.45) is 0 Å². The molecule has 0 unspecified atom stereocenters. The van der Waals surface area contributed by atoms with Gasteiger partial charge in [-0.1, -0.05) is 17.7 Å². The summed E-state index contributed by atoms with van der Waals surface area (Å²) in [6.45, 7) is 1.41. The van der Waals surface area contributed by atoms with Crippen LogP contribution >= 0.6 is 11.6 Å². The third kappa shape index (κ3) is 1.96. The van der Waals surface area contributed by atoms with Gasteiger partial charge in [-0.3, -0.25) is 4.79 Å². The van der Waals surface area contributed by atoms with Crippen molar-refractivity contribution in [3.63, 3.8) is 0 Å². The quantitative estimate of drug-likeness (QED) is 0.843. The minimum absolute atomic E-state index is 0.199. The summed E-state index contributed by atoms with van der Waals surface area (Å²) in [6.07, 6.45) is 1.54. The first-order valence-corrected chi connectivity index (χ1v) is 5.60. The van der Waals surface area contributed by atoms with Crippen molar-refractivity contribution in [3.8, 4) is 11.8 Å². The minimum Gasteiger partial charge on any atom is -0.396 e. The van der Waals surface area contributed by atoms with E-state index in [1.165, 1.54) is 13.1 Å². The van der Waals surface area contributed by atoms with Crippen LogP contribution in [0.5, 0.6) is 0 Å². The number of ketones is 1. The number of hydrogen-bond donors (Lipinski definition) is 1. The molecule has 5 heteroatoms. The van der Waals surface area contributed by atoms with Crippen molar-refractivity contribution >= 4 is 23.1 Å². The van der Waals surface area contributed by atoms with Crippen LogP contribution in [-0.2, 0) is 0 Å². The molecule has 90 valence electrons. The number of carbonyl (C=O) groups excluding carboxylic acids is 1. The van der Waals surface area contributed by atoms with Crippen LogP contribution in [0, 0.1) is 11.3 Å². The Kier molecular flexibility index (Phi) is 3.09. The van der Waals surface area contributed by atoms with E-state index in [9.17, 15) is 4.79 Å². The van der Waals surface area contributed by atoms with Crippen LogP contribution in [0.15, 0.2) is 30.5 Å². The van der Waals surface area contributed by atoms with E-state index in [1.807, 2.05) is 6.07 Å². The second kappa shape index (κ2) is 4.55. The van der Waals surface area contributed by atoms with E-state index >= 15 is 0 Å². The fourth-order valence-corrected chi connectivity index (χ4v) is 1.98. The lowest BCUT2D eigenvalue weighted by Crippen LogP contribution is -2.06. The summed E-state index contributed by atoms with van der Waals surface area (Å²) < 4.78 is 1.59. The Morgan fingerprint density at radius 3 is 2.78 bits per heavy atom. The Labute approximate surface area is 109 Å². The van der Waals surface area contributed by atoms with Gasteiger partial charge < -0.3 is 10.3 Å². The topological polar surface area (TPSA) is 71.8 Å².